The molecule has 0 saturated heterocycles. The summed E-state index contributed by atoms with van der Waals surface area (Å²) in [5.74, 6) is 0.786. The van der Waals surface area contributed by atoms with Gasteiger partial charge in [-0.3, -0.25) is 4.57 Å². The molecule has 20 heavy (non-hydrogen) atoms. The molecular formula is C15H15N3O2. The molecule has 0 unspecified atom stereocenters. The van der Waals surface area contributed by atoms with Crippen molar-refractivity contribution < 1.29 is 4.74 Å². The zero-order valence-electron chi connectivity index (χ0n) is 11.1. The van der Waals surface area contributed by atoms with E-state index in [-0.39, 0.29) is 5.69 Å². The van der Waals surface area contributed by atoms with Crippen LogP contribution in [0.4, 0.5) is 5.69 Å². The first-order valence-electron chi connectivity index (χ1n) is 6.42. The number of nitrogen functional groups attached to an aromatic ring is 1. The van der Waals surface area contributed by atoms with Crippen molar-refractivity contribution in [3.8, 4) is 11.4 Å². The highest BCUT2D eigenvalue weighted by molar-refractivity contribution is 5.80. The van der Waals surface area contributed by atoms with Gasteiger partial charge >= 0.3 is 5.69 Å². The number of H-pyrrole nitrogens is 1. The minimum atomic E-state index is -0.185. The van der Waals surface area contributed by atoms with Gasteiger partial charge < -0.3 is 15.5 Å². The minimum absolute atomic E-state index is 0.185. The normalized spacial score (nSPS) is 10.8. The van der Waals surface area contributed by atoms with E-state index in [1.165, 1.54) is 0 Å². The maximum Gasteiger partial charge on any atom is 0.331 e. The van der Waals surface area contributed by atoms with Gasteiger partial charge in [0, 0.05) is 5.69 Å². The number of aromatic amines is 1. The fourth-order valence-corrected chi connectivity index (χ4v) is 2.24. The molecular weight excluding hydrogens is 254 g/mol. The molecule has 0 spiro atoms. The largest absolute Gasteiger partial charge is 0.494 e. The van der Waals surface area contributed by atoms with Crippen LogP contribution in [0.2, 0.25) is 0 Å². The maximum atomic E-state index is 12.1. The van der Waals surface area contributed by atoms with Gasteiger partial charge in [-0.2, -0.15) is 0 Å². The van der Waals surface area contributed by atoms with Crippen LogP contribution in [-0.2, 0) is 0 Å². The second-order valence-electron chi connectivity index (χ2n) is 4.47. The fraction of sp³-hybridized carbons (Fsp3) is 0.133. The van der Waals surface area contributed by atoms with Crippen LogP contribution in [-0.4, -0.2) is 16.2 Å². The van der Waals surface area contributed by atoms with Gasteiger partial charge in [0.15, 0.2) is 0 Å². The zero-order chi connectivity index (χ0) is 14.1. The molecule has 0 aliphatic rings. The Kier molecular flexibility index (Phi) is 2.95. The van der Waals surface area contributed by atoms with Crippen LogP contribution in [0.15, 0.2) is 47.3 Å². The van der Waals surface area contributed by atoms with Gasteiger partial charge in [0.1, 0.15) is 5.75 Å². The summed E-state index contributed by atoms with van der Waals surface area (Å²) in [6.45, 7) is 2.55. The lowest BCUT2D eigenvalue weighted by Gasteiger charge is -2.06. The van der Waals surface area contributed by atoms with E-state index in [0.29, 0.717) is 12.3 Å². The minimum Gasteiger partial charge on any atom is -0.494 e. The molecule has 3 N–H and O–H groups in total. The van der Waals surface area contributed by atoms with Crippen molar-refractivity contribution in [2.45, 2.75) is 6.92 Å². The number of imidazole rings is 1. The Morgan fingerprint density at radius 2 is 1.95 bits per heavy atom. The van der Waals surface area contributed by atoms with Gasteiger partial charge in [0.2, 0.25) is 0 Å². The number of anilines is 1. The van der Waals surface area contributed by atoms with Crippen LogP contribution in [0.1, 0.15) is 6.92 Å². The van der Waals surface area contributed by atoms with Crippen molar-refractivity contribution in [1.82, 2.24) is 9.55 Å². The number of nitrogens with zero attached hydrogens (tertiary/aromatic N) is 1. The predicted molar refractivity (Wildman–Crippen MR) is 79.5 cm³/mol. The summed E-state index contributed by atoms with van der Waals surface area (Å²) in [5, 5.41) is 0. The number of benzene rings is 2. The molecule has 1 heterocycles. The van der Waals surface area contributed by atoms with E-state index in [4.69, 9.17) is 10.5 Å². The van der Waals surface area contributed by atoms with E-state index in [0.717, 1.165) is 22.5 Å². The van der Waals surface area contributed by atoms with Crippen molar-refractivity contribution in [3.05, 3.63) is 52.9 Å². The fourth-order valence-electron chi connectivity index (χ4n) is 2.24. The number of fused-ring (bicyclic) bond motifs is 1. The molecule has 0 radical (unpaired) electrons. The summed E-state index contributed by atoms with van der Waals surface area (Å²) in [6, 6.07) is 12.8. The quantitative estimate of drug-likeness (QED) is 0.716. The molecule has 0 fully saturated rings. The second kappa shape index (κ2) is 4.77. The van der Waals surface area contributed by atoms with E-state index >= 15 is 0 Å². The van der Waals surface area contributed by atoms with Crippen LogP contribution >= 0.6 is 0 Å². The number of hydrogen-bond acceptors (Lipinski definition) is 3. The first-order valence-corrected chi connectivity index (χ1v) is 6.42. The smallest absolute Gasteiger partial charge is 0.331 e. The van der Waals surface area contributed by atoms with Crippen molar-refractivity contribution in [2.75, 3.05) is 12.3 Å². The van der Waals surface area contributed by atoms with Gasteiger partial charge in [0.05, 0.1) is 23.3 Å². The van der Waals surface area contributed by atoms with Gasteiger partial charge in [-0.25, -0.2) is 4.79 Å². The van der Waals surface area contributed by atoms with Crippen molar-refractivity contribution in [3.63, 3.8) is 0 Å². The molecule has 5 heteroatoms. The number of ether oxygens (including phenoxy) is 1. The average Bonchev–Trinajstić information content (AvgIpc) is 2.75. The van der Waals surface area contributed by atoms with E-state index in [1.54, 1.807) is 16.7 Å². The molecule has 0 amide bonds. The lowest BCUT2D eigenvalue weighted by molar-refractivity contribution is 0.340. The molecule has 3 aromatic rings. The Morgan fingerprint density at radius 3 is 2.65 bits per heavy atom. The van der Waals surface area contributed by atoms with Crippen LogP contribution in [0.25, 0.3) is 16.7 Å². The zero-order valence-corrected chi connectivity index (χ0v) is 11.1. The third kappa shape index (κ3) is 2.03. The molecule has 0 saturated carbocycles. The summed E-state index contributed by atoms with van der Waals surface area (Å²) in [6.07, 6.45) is 0. The number of nitrogens with one attached hydrogen (secondary N) is 1. The Labute approximate surface area is 115 Å². The molecule has 0 atom stereocenters. The van der Waals surface area contributed by atoms with E-state index in [9.17, 15) is 4.79 Å². The molecule has 0 aliphatic carbocycles. The highest BCUT2D eigenvalue weighted by atomic mass is 16.5. The van der Waals surface area contributed by atoms with E-state index in [2.05, 4.69) is 4.98 Å². The highest BCUT2D eigenvalue weighted by Crippen LogP contribution is 2.20. The standard InChI is InChI=1S/C15H15N3O2/c1-2-20-12-6-4-11(5-7-12)18-14-8-3-10(16)9-13(14)17-15(18)19/h3-9H,2,16H2,1H3,(H,17,19). The van der Waals surface area contributed by atoms with Gasteiger partial charge in [0.25, 0.3) is 0 Å². The Morgan fingerprint density at radius 1 is 1.20 bits per heavy atom. The lowest BCUT2D eigenvalue weighted by Crippen LogP contribution is -2.14. The lowest BCUT2D eigenvalue weighted by atomic mass is 10.2. The summed E-state index contributed by atoms with van der Waals surface area (Å²) < 4.78 is 7.02. The van der Waals surface area contributed by atoms with Crippen molar-refractivity contribution >= 4 is 16.7 Å². The first-order chi connectivity index (χ1) is 9.69. The third-order valence-corrected chi connectivity index (χ3v) is 3.11. The van der Waals surface area contributed by atoms with E-state index < -0.39 is 0 Å². The van der Waals surface area contributed by atoms with Crippen LogP contribution in [0, 0.1) is 0 Å². The monoisotopic (exact) mass is 269 g/mol. The predicted octanol–water partition coefficient (Wildman–Crippen LogP) is 2.30. The molecule has 1 aromatic heterocycles. The number of hydrogen-bond donors (Lipinski definition) is 2. The molecule has 0 bridgehead atoms. The summed E-state index contributed by atoms with van der Waals surface area (Å²) >= 11 is 0. The number of aromatic nitrogens is 2. The average molecular weight is 269 g/mol. The molecule has 0 aliphatic heterocycles. The number of nitrogens with two attached hydrogens (primary N) is 1. The SMILES string of the molecule is CCOc1ccc(-n2c(=O)[nH]c3cc(N)ccc32)cc1. The Bertz CT molecular complexity index is 800. The van der Waals surface area contributed by atoms with Crippen molar-refractivity contribution in [2.24, 2.45) is 0 Å². The second-order valence-corrected chi connectivity index (χ2v) is 4.47. The topological polar surface area (TPSA) is 73.0 Å². The van der Waals surface area contributed by atoms with Gasteiger partial charge in [-0.15, -0.1) is 0 Å². The molecule has 102 valence electrons. The summed E-state index contributed by atoms with van der Waals surface area (Å²) in [7, 11) is 0. The first kappa shape index (κ1) is 12.3. The maximum absolute atomic E-state index is 12.1. The van der Waals surface area contributed by atoms with Gasteiger partial charge in [-0.05, 0) is 49.4 Å². The number of rotatable bonds is 3. The van der Waals surface area contributed by atoms with Crippen LogP contribution < -0.4 is 16.2 Å². The van der Waals surface area contributed by atoms with Crippen molar-refractivity contribution in [1.29, 1.82) is 0 Å². The molecule has 2 aromatic carbocycles. The molecule has 3 rings (SSSR count). The third-order valence-electron chi connectivity index (χ3n) is 3.11. The van der Waals surface area contributed by atoms with E-state index in [1.807, 2.05) is 37.3 Å². The summed E-state index contributed by atoms with van der Waals surface area (Å²) in [5.41, 5.74) is 8.48. The summed E-state index contributed by atoms with van der Waals surface area (Å²) in [4.78, 5) is 14.9. The van der Waals surface area contributed by atoms with Crippen LogP contribution in [0.5, 0.6) is 5.75 Å². The van der Waals surface area contributed by atoms with Crippen LogP contribution in [0.3, 0.4) is 0 Å². The van der Waals surface area contributed by atoms with Gasteiger partial charge in [-0.1, -0.05) is 0 Å². The highest BCUT2D eigenvalue weighted by Gasteiger charge is 2.08. The molecule has 5 nitrogen and oxygen atoms in total. The Balaban J connectivity index is 2.14. The Hall–Kier alpha value is -2.69.